The van der Waals surface area contributed by atoms with Crippen molar-refractivity contribution in [1.29, 1.82) is 0 Å². The Labute approximate surface area is 219 Å². The third-order valence-electron chi connectivity index (χ3n) is 2.93. The third kappa shape index (κ3) is 17.7. The number of nitrogens with one attached hydrogen (secondary N) is 2. The second-order valence-electron chi connectivity index (χ2n) is 6.56. The number of hydrogen-bond acceptors (Lipinski definition) is 16. The van der Waals surface area contributed by atoms with Gasteiger partial charge < -0.3 is 11.5 Å². The van der Waals surface area contributed by atoms with E-state index in [2.05, 4.69) is 49.7 Å². The van der Waals surface area contributed by atoms with Gasteiger partial charge in [0, 0.05) is 0 Å². The molecule has 18 nitrogen and oxygen atoms in total. The highest BCUT2D eigenvalue weighted by molar-refractivity contribution is 7.86. The first-order valence-electron chi connectivity index (χ1n) is 8.70. The second kappa shape index (κ2) is 13.8. The highest BCUT2D eigenvalue weighted by Crippen LogP contribution is 2.20. The Morgan fingerprint density at radius 3 is 1.67 bits per heavy atom. The molecule has 0 aliphatic carbocycles. The molecule has 6 N–H and O–H groups in total. The Bertz CT molecular complexity index is 1290. The maximum atomic E-state index is 12.0. The highest BCUT2D eigenvalue weighted by Gasteiger charge is 2.42. The Balaban J connectivity index is 7.13. The average Bonchev–Trinajstić information content (AvgIpc) is 2.61. The monoisotopic (exact) mass is 636 g/mol. The first kappa shape index (κ1) is 34.4. The molecule has 0 rings (SSSR count). The summed E-state index contributed by atoms with van der Waals surface area (Å²) in [6.45, 7) is -1.19. The first-order valence-corrected chi connectivity index (χ1v) is 16.8. The van der Waals surface area contributed by atoms with Crippen molar-refractivity contribution in [3.63, 3.8) is 0 Å². The fraction of sp³-hybridized carbons (Fsp3) is 0.667. The lowest BCUT2D eigenvalue weighted by Crippen LogP contribution is -2.51. The van der Waals surface area contributed by atoms with Crippen LogP contribution in [0.15, 0.2) is 10.2 Å². The molecule has 0 amide bonds. The van der Waals surface area contributed by atoms with Gasteiger partial charge in [0.1, 0.15) is 17.9 Å². The van der Waals surface area contributed by atoms with E-state index in [1.807, 2.05) is 0 Å². The lowest BCUT2D eigenvalue weighted by Gasteiger charge is -2.30. The molecule has 0 aromatic heterocycles. The van der Waals surface area contributed by atoms with Gasteiger partial charge in [-0.15, -0.1) is 0 Å². The fourth-order valence-electron chi connectivity index (χ4n) is 2.01. The second-order valence-corrected chi connectivity index (χ2v) is 13.9. The van der Waals surface area contributed by atoms with Gasteiger partial charge in [-0.3, -0.25) is 27.6 Å². The van der Waals surface area contributed by atoms with Crippen LogP contribution in [0.5, 0.6) is 0 Å². The summed E-state index contributed by atoms with van der Waals surface area (Å²) in [4.78, 5) is 0. The quantitative estimate of drug-likeness (QED) is 0.0577. The van der Waals surface area contributed by atoms with Gasteiger partial charge in [0.25, 0.3) is 40.5 Å². The Morgan fingerprint density at radius 2 is 1.28 bits per heavy atom. The maximum absolute atomic E-state index is 12.0. The van der Waals surface area contributed by atoms with Gasteiger partial charge in [-0.05, 0) is 24.4 Å². The summed E-state index contributed by atoms with van der Waals surface area (Å²) in [5.74, 6) is 0. The zero-order chi connectivity index (χ0) is 28.5. The van der Waals surface area contributed by atoms with E-state index >= 15 is 0 Å². The van der Waals surface area contributed by atoms with E-state index in [9.17, 15) is 33.7 Å². The standard InChI is InChI=1S/C12H24N6O12S6/c1-33(19,20)27-6-8(28-34(2,21)22)10(30-36(4,25)26)9(29-35(3,23)24)7(16-18-12(14)32)5-15-17-11(13)31/h5,8-10H,6H2,1-4H3,(H3,13,17,31)(H3,14,18,32). The fourth-order valence-corrected chi connectivity index (χ4v) is 4.32. The molecule has 0 aliphatic rings. The van der Waals surface area contributed by atoms with Crippen LogP contribution in [0.3, 0.4) is 0 Å². The third-order valence-corrected chi connectivity index (χ3v) is 5.40. The number of nitrogens with zero attached hydrogens (tertiary/aromatic N) is 2. The van der Waals surface area contributed by atoms with Crippen LogP contribution < -0.4 is 22.3 Å². The van der Waals surface area contributed by atoms with Crippen LogP contribution in [0, 0.1) is 0 Å². The minimum atomic E-state index is -4.56. The summed E-state index contributed by atoms with van der Waals surface area (Å²) >= 11 is 9.17. The van der Waals surface area contributed by atoms with Gasteiger partial charge in [0.15, 0.2) is 16.3 Å². The van der Waals surface area contributed by atoms with Crippen LogP contribution in [0.1, 0.15) is 0 Å². The predicted octanol–water partition coefficient (Wildman–Crippen LogP) is -3.99. The van der Waals surface area contributed by atoms with E-state index < -0.39 is 76.2 Å². The summed E-state index contributed by atoms with van der Waals surface area (Å²) in [7, 11) is -17.8. The van der Waals surface area contributed by atoms with Crippen molar-refractivity contribution in [2.75, 3.05) is 31.6 Å². The van der Waals surface area contributed by atoms with Crippen LogP contribution in [0.25, 0.3) is 0 Å². The van der Waals surface area contributed by atoms with Crippen LogP contribution in [0.4, 0.5) is 0 Å². The highest BCUT2D eigenvalue weighted by atomic mass is 32.2. The van der Waals surface area contributed by atoms with E-state index in [4.69, 9.17) is 24.0 Å². The summed E-state index contributed by atoms with van der Waals surface area (Å²) in [6, 6.07) is 0. The number of hydrogen-bond donors (Lipinski definition) is 4. The molecule has 0 aromatic rings. The van der Waals surface area contributed by atoms with Crippen molar-refractivity contribution in [2.45, 2.75) is 18.3 Å². The lowest BCUT2D eigenvalue weighted by molar-refractivity contribution is -0.00683. The number of nitrogens with two attached hydrogens (primary N) is 2. The molecule has 0 aromatic carbocycles. The molecule has 0 spiro atoms. The van der Waals surface area contributed by atoms with Gasteiger partial charge in [0.05, 0.1) is 37.8 Å². The minimum Gasteiger partial charge on any atom is -0.375 e. The maximum Gasteiger partial charge on any atom is 0.265 e. The van der Waals surface area contributed by atoms with Crippen molar-refractivity contribution < 1.29 is 50.4 Å². The molecule has 3 unspecified atom stereocenters. The van der Waals surface area contributed by atoms with Crippen LogP contribution in [-0.4, -0.2) is 106 Å². The van der Waals surface area contributed by atoms with Crippen molar-refractivity contribution in [3.8, 4) is 0 Å². The van der Waals surface area contributed by atoms with Gasteiger partial charge in [-0.2, -0.15) is 43.9 Å². The van der Waals surface area contributed by atoms with Crippen molar-refractivity contribution in [3.05, 3.63) is 0 Å². The topological polar surface area (TPSA) is 274 Å². The van der Waals surface area contributed by atoms with Crippen molar-refractivity contribution in [2.24, 2.45) is 21.7 Å². The molecule has 36 heavy (non-hydrogen) atoms. The molecule has 0 fully saturated rings. The van der Waals surface area contributed by atoms with Crippen LogP contribution in [-0.2, 0) is 57.2 Å². The molecule has 0 heterocycles. The largest absolute Gasteiger partial charge is 0.375 e. The minimum absolute atomic E-state index is 0.364. The Hall–Kier alpha value is -1.64. The summed E-state index contributed by atoms with van der Waals surface area (Å²) in [6.07, 6.45) is -3.80. The van der Waals surface area contributed by atoms with Crippen molar-refractivity contribution in [1.82, 2.24) is 10.9 Å². The zero-order valence-corrected chi connectivity index (χ0v) is 23.8. The van der Waals surface area contributed by atoms with Crippen molar-refractivity contribution >= 4 is 87.1 Å². The van der Waals surface area contributed by atoms with Gasteiger partial charge in [-0.25, -0.2) is 0 Å². The van der Waals surface area contributed by atoms with Gasteiger partial charge in [0.2, 0.25) is 0 Å². The summed E-state index contributed by atoms with van der Waals surface area (Å²) in [5.41, 5.74) is 14.0. The molecule has 0 bridgehead atoms. The normalized spacial score (nSPS) is 16.3. The zero-order valence-electron chi connectivity index (χ0n) is 18.9. The Morgan fingerprint density at radius 1 is 0.806 bits per heavy atom. The number of hydrazone groups is 2. The van der Waals surface area contributed by atoms with E-state index in [-0.39, 0.29) is 5.11 Å². The SMILES string of the molecule is CS(=O)(=O)OCC(OS(C)(=O)=O)C(OS(C)(=O)=O)C(OS(C)(=O)=O)C(C=NNC(N)=S)=NNC(N)=S. The number of rotatable bonds is 15. The molecular formula is C12H24N6O12S6. The molecule has 3 atom stereocenters. The molecule has 0 saturated heterocycles. The van der Waals surface area contributed by atoms with E-state index in [0.717, 1.165) is 0 Å². The Kier molecular flexibility index (Phi) is 13.1. The molecule has 0 radical (unpaired) electrons. The van der Waals surface area contributed by atoms with Gasteiger partial charge >= 0.3 is 0 Å². The average molecular weight is 637 g/mol. The molecule has 24 heteroatoms. The molecule has 0 saturated carbocycles. The molecule has 0 aliphatic heterocycles. The van der Waals surface area contributed by atoms with E-state index in [1.165, 1.54) is 0 Å². The van der Waals surface area contributed by atoms with Crippen LogP contribution >= 0.6 is 24.4 Å². The summed E-state index contributed by atoms with van der Waals surface area (Å²) in [5, 5.41) is 6.35. The molecular weight excluding hydrogens is 613 g/mol. The van der Waals surface area contributed by atoms with E-state index in [0.29, 0.717) is 31.2 Å². The predicted molar refractivity (Wildman–Crippen MR) is 136 cm³/mol. The lowest BCUT2D eigenvalue weighted by atomic mass is 10.0. The number of thiocarbonyl (C=S) groups is 2. The molecule has 210 valence electrons. The smallest absolute Gasteiger partial charge is 0.265 e. The summed E-state index contributed by atoms with van der Waals surface area (Å²) < 4.78 is 114. The first-order chi connectivity index (χ1) is 16.0. The van der Waals surface area contributed by atoms with E-state index in [1.54, 1.807) is 0 Å². The van der Waals surface area contributed by atoms with Gasteiger partial charge in [-0.1, -0.05) is 0 Å². The van der Waals surface area contributed by atoms with Crippen LogP contribution in [0.2, 0.25) is 0 Å².